The molecule has 0 aliphatic heterocycles. The van der Waals surface area contributed by atoms with Gasteiger partial charge in [-0.2, -0.15) is 0 Å². The Bertz CT molecular complexity index is 82.3. The number of hydrogen-bond acceptors (Lipinski definition) is 3. The van der Waals surface area contributed by atoms with Crippen LogP contribution in [0.2, 0.25) is 0 Å². The van der Waals surface area contributed by atoms with Crippen molar-refractivity contribution in [1.29, 1.82) is 0 Å². The monoisotopic (exact) mass is 130 g/mol. The molecule has 0 aliphatic rings. The molecule has 0 amide bonds. The zero-order valence-electron chi connectivity index (χ0n) is 5.20. The van der Waals surface area contributed by atoms with Crippen molar-refractivity contribution < 1.29 is 15.2 Å². The van der Waals surface area contributed by atoms with Gasteiger partial charge in [0.2, 0.25) is 0 Å². The minimum Gasteiger partial charge on any atom is -0.424 e. The van der Waals surface area contributed by atoms with Gasteiger partial charge < -0.3 is 15.2 Å². The second-order valence-electron chi connectivity index (χ2n) is 1.71. The molecule has 0 rings (SSSR count). The van der Waals surface area contributed by atoms with Crippen LogP contribution in [0.25, 0.3) is 0 Å². The van der Waals surface area contributed by atoms with E-state index in [9.17, 15) is 0 Å². The molecule has 0 saturated heterocycles. The Hall–Kier alpha value is -0.315. The third-order valence-corrected chi connectivity index (χ3v) is 0.837. The summed E-state index contributed by atoms with van der Waals surface area (Å²) in [5.41, 5.74) is 0. The van der Waals surface area contributed by atoms with Crippen LogP contribution in [0, 0.1) is 0 Å². The maximum absolute atomic E-state index is 8.27. The predicted octanol–water partition coefficient (Wildman–Crippen LogP) is -0.673. The lowest BCUT2D eigenvalue weighted by Gasteiger charge is -1.87. The fourth-order valence-electron chi connectivity index (χ4n) is 0.427. The molecule has 0 aromatic carbocycles. The molecule has 0 saturated carbocycles. The van der Waals surface area contributed by atoms with Crippen LogP contribution in [0.4, 0.5) is 0 Å². The molecule has 0 spiro atoms. The highest BCUT2D eigenvalue weighted by molar-refractivity contribution is 6.47. The van der Waals surface area contributed by atoms with E-state index in [2.05, 4.69) is 0 Å². The lowest BCUT2D eigenvalue weighted by Crippen LogP contribution is -2.05. The maximum atomic E-state index is 8.27. The summed E-state index contributed by atoms with van der Waals surface area (Å²) in [5.74, 6) is 1.27. The van der Waals surface area contributed by atoms with Crippen molar-refractivity contribution in [1.82, 2.24) is 0 Å². The number of allylic oxidation sites excluding steroid dienone is 1. The van der Waals surface area contributed by atoms with Crippen molar-refractivity contribution >= 4 is 7.12 Å². The van der Waals surface area contributed by atoms with Crippen LogP contribution in [0.3, 0.4) is 0 Å². The largest absolute Gasteiger partial charge is 0.480 e. The van der Waals surface area contributed by atoms with Gasteiger partial charge in [-0.15, -0.1) is 0 Å². The molecule has 0 atom stereocenters. The zero-order chi connectivity index (χ0) is 7.11. The van der Waals surface area contributed by atoms with Gasteiger partial charge in [-0.05, 0) is 12.8 Å². The van der Waals surface area contributed by atoms with Gasteiger partial charge >= 0.3 is 7.12 Å². The molecular formula is C5H11BO3. The first-order chi connectivity index (χ1) is 4.27. The van der Waals surface area contributed by atoms with Crippen LogP contribution in [0.1, 0.15) is 12.8 Å². The van der Waals surface area contributed by atoms with Gasteiger partial charge in [-0.1, -0.05) is 12.1 Å². The Labute approximate surface area is 54.8 Å². The quantitative estimate of drug-likeness (QED) is 0.349. The van der Waals surface area contributed by atoms with Crippen LogP contribution in [0.5, 0.6) is 0 Å². The Morgan fingerprint density at radius 2 is 2.00 bits per heavy atom. The topological polar surface area (TPSA) is 60.7 Å². The average molecular weight is 130 g/mol. The summed E-state index contributed by atoms with van der Waals surface area (Å²) >= 11 is 0. The van der Waals surface area contributed by atoms with Crippen LogP contribution in [-0.4, -0.2) is 28.9 Å². The third kappa shape index (κ3) is 7.68. The summed E-state index contributed by atoms with van der Waals surface area (Å²) in [5, 5.41) is 24.8. The van der Waals surface area contributed by atoms with Crippen molar-refractivity contribution in [2.45, 2.75) is 12.8 Å². The van der Waals surface area contributed by atoms with Crippen molar-refractivity contribution in [2.24, 2.45) is 0 Å². The highest BCUT2D eigenvalue weighted by Gasteiger charge is 1.95. The smallest absolute Gasteiger partial charge is 0.424 e. The molecule has 0 aliphatic carbocycles. The molecule has 0 radical (unpaired) electrons. The summed E-state index contributed by atoms with van der Waals surface area (Å²) in [6.07, 6.45) is 2.98. The van der Waals surface area contributed by atoms with Gasteiger partial charge in [0.25, 0.3) is 0 Å². The molecule has 0 bridgehead atoms. The average Bonchev–Trinajstić information content (AvgIpc) is 1.80. The zero-order valence-corrected chi connectivity index (χ0v) is 5.20. The Morgan fingerprint density at radius 3 is 2.44 bits per heavy atom. The van der Waals surface area contributed by atoms with Gasteiger partial charge in [0.1, 0.15) is 0 Å². The van der Waals surface area contributed by atoms with E-state index in [0.717, 1.165) is 0 Å². The number of hydrogen-bond donors (Lipinski definition) is 3. The van der Waals surface area contributed by atoms with E-state index in [1.807, 2.05) is 0 Å². The van der Waals surface area contributed by atoms with Crippen LogP contribution in [0.15, 0.2) is 12.1 Å². The highest BCUT2D eigenvalue weighted by atomic mass is 16.4. The van der Waals surface area contributed by atoms with E-state index in [0.29, 0.717) is 12.8 Å². The molecule has 0 fully saturated rings. The second kappa shape index (κ2) is 5.82. The molecule has 4 heteroatoms. The summed E-state index contributed by atoms with van der Waals surface area (Å²) in [6.45, 7) is 0.145. The van der Waals surface area contributed by atoms with Crippen LogP contribution < -0.4 is 0 Å². The Kier molecular flexibility index (Phi) is 5.61. The van der Waals surface area contributed by atoms with Crippen molar-refractivity contribution in [3.8, 4) is 0 Å². The third-order valence-electron chi connectivity index (χ3n) is 0.837. The molecular weight excluding hydrogens is 119 g/mol. The van der Waals surface area contributed by atoms with Gasteiger partial charge in [-0.3, -0.25) is 0 Å². The fourth-order valence-corrected chi connectivity index (χ4v) is 0.427. The Morgan fingerprint density at radius 1 is 1.33 bits per heavy atom. The number of unbranched alkanes of at least 4 members (excludes halogenated alkanes) is 1. The molecule has 0 heterocycles. The summed E-state index contributed by atoms with van der Waals surface area (Å²) in [6, 6.07) is 0. The SMILES string of the molecule is OCCC/C=C/B(O)O. The number of aliphatic hydroxyl groups excluding tert-OH is 1. The van der Waals surface area contributed by atoms with Gasteiger partial charge in [-0.25, -0.2) is 0 Å². The van der Waals surface area contributed by atoms with Crippen molar-refractivity contribution in [3.63, 3.8) is 0 Å². The summed E-state index contributed by atoms with van der Waals surface area (Å²) < 4.78 is 0. The first-order valence-corrected chi connectivity index (χ1v) is 2.91. The van der Waals surface area contributed by atoms with Crippen molar-refractivity contribution in [3.05, 3.63) is 12.1 Å². The molecule has 0 aromatic heterocycles. The fraction of sp³-hybridized carbons (Fsp3) is 0.600. The van der Waals surface area contributed by atoms with E-state index in [1.165, 1.54) is 5.98 Å². The number of aliphatic hydroxyl groups is 1. The minimum absolute atomic E-state index is 0.145. The van der Waals surface area contributed by atoms with Gasteiger partial charge in [0, 0.05) is 6.61 Å². The van der Waals surface area contributed by atoms with Gasteiger partial charge in [0.05, 0.1) is 0 Å². The maximum Gasteiger partial charge on any atom is 0.480 e. The van der Waals surface area contributed by atoms with E-state index < -0.39 is 7.12 Å². The van der Waals surface area contributed by atoms with Gasteiger partial charge in [0.15, 0.2) is 0 Å². The predicted molar refractivity (Wildman–Crippen MR) is 35.7 cm³/mol. The highest BCUT2D eigenvalue weighted by Crippen LogP contribution is 1.88. The first kappa shape index (κ1) is 8.68. The normalized spacial score (nSPS) is 10.6. The van der Waals surface area contributed by atoms with Crippen molar-refractivity contribution in [2.75, 3.05) is 6.61 Å². The molecule has 0 unspecified atom stereocenters. The molecule has 9 heavy (non-hydrogen) atoms. The van der Waals surface area contributed by atoms with E-state index >= 15 is 0 Å². The standard InChI is InChI=1S/C5H11BO3/c7-5-3-1-2-4-6(8)9/h2,4,7-9H,1,3,5H2/b4-2+. The summed E-state index contributed by atoms with van der Waals surface area (Å²) in [4.78, 5) is 0. The molecule has 3 nitrogen and oxygen atoms in total. The summed E-state index contributed by atoms with van der Waals surface area (Å²) in [7, 11) is -1.36. The lowest BCUT2D eigenvalue weighted by molar-refractivity contribution is 0.289. The second-order valence-corrected chi connectivity index (χ2v) is 1.71. The van der Waals surface area contributed by atoms with Crippen LogP contribution >= 0.6 is 0 Å². The molecule has 0 aromatic rings. The lowest BCUT2D eigenvalue weighted by atomic mass is 9.91. The van der Waals surface area contributed by atoms with E-state index in [4.69, 9.17) is 15.2 Å². The molecule has 3 N–H and O–H groups in total. The number of rotatable bonds is 4. The van der Waals surface area contributed by atoms with E-state index in [-0.39, 0.29) is 6.61 Å². The Balaban J connectivity index is 3.04. The van der Waals surface area contributed by atoms with E-state index in [1.54, 1.807) is 6.08 Å². The van der Waals surface area contributed by atoms with Crippen LogP contribution in [-0.2, 0) is 0 Å². The minimum atomic E-state index is -1.36. The first-order valence-electron chi connectivity index (χ1n) is 2.91. The molecule has 52 valence electrons.